The molecule has 4 rings (SSSR count). The summed E-state index contributed by atoms with van der Waals surface area (Å²) in [7, 11) is -3.75. The summed E-state index contributed by atoms with van der Waals surface area (Å²) in [6.07, 6.45) is 1.62. The van der Waals surface area contributed by atoms with E-state index in [4.69, 9.17) is 11.6 Å². The number of carbonyl (C=O) groups excluding carboxylic acids is 1. The monoisotopic (exact) mass is 465 g/mol. The number of thiazole rings is 1. The third-order valence-corrected chi connectivity index (χ3v) is 8.44. The van der Waals surface area contributed by atoms with Gasteiger partial charge < -0.3 is 5.32 Å². The second kappa shape index (κ2) is 8.14. The van der Waals surface area contributed by atoms with E-state index in [9.17, 15) is 18.0 Å². The molecule has 0 aliphatic carbocycles. The van der Waals surface area contributed by atoms with E-state index in [0.29, 0.717) is 25.3 Å². The molecule has 2 heterocycles. The van der Waals surface area contributed by atoms with Gasteiger partial charge in [-0.15, -0.1) is 0 Å². The first-order valence-corrected chi connectivity index (χ1v) is 12.2. The SMILES string of the molecule is CCn1c(=O)sc2cc(NC(=O)c3ccc(Cl)c(S(=O)(=O)N4CCCC4)c3)ccc21. The van der Waals surface area contributed by atoms with Crippen molar-refractivity contribution in [1.82, 2.24) is 8.87 Å². The fourth-order valence-corrected chi connectivity index (χ4v) is 6.57. The van der Waals surface area contributed by atoms with Crippen LogP contribution in [0.3, 0.4) is 0 Å². The van der Waals surface area contributed by atoms with Gasteiger partial charge in [0.2, 0.25) is 10.0 Å². The van der Waals surface area contributed by atoms with Gasteiger partial charge in [0, 0.05) is 30.9 Å². The summed E-state index contributed by atoms with van der Waals surface area (Å²) in [6.45, 7) is 3.38. The molecule has 7 nitrogen and oxygen atoms in total. The maximum absolute atomic E-state index is 12.9. The zero-order valence-corrected chi connectivity index (χ0v) is 18.6. The summed E-state index contributed by atoms with van der Waals surface area (Å²) >= 11 is 7.27. The van der Waals surface area contributed by atoms with Crippen molar-refractivity contribution in [1.29, 1.82) is 0 Å². The van der Waals surface area contributed by atoms with Gasteiger partial charge in [0.05, 0.1) is 15.2 Å². The number of aromatic nitrogens is 1. The van der Waals surface area contributed by atoms with E-state index >= 15 is 0 Å². The molecule has 2 aromatic carbocycles. The Morgan fingerprint density at radius 3 is 2.60 bits per heavy atom. The number of anilines is 1. The summed E-state index contributed by atoms with van der Waals surface area (Å²) in [6, 6.07) is 9.48. The van der Waals surface area contributed by atoms with Gasteiger partial charge >= 0.3 is 4.87 Å². The van der Waals surface area contributed by atoms with Crippen molar-refractivity contribution in [3.63, 3.8) is 0 Å². The van der Waals surface area contributed by atoms with Crippen LogP contribution in [-0.4, -0.2) is 36.3 Å². The number of sulfonamides is 1. The highest BCUT2D eigenvalue weighted by atomic mass is 35.5. The zero-order valence-electron chi connectivity index (χ0n) is 16.2. The highest BCUT2D eigenvalue weighted by Crippen LogP contribution is 2.29. The van der Waals surface area contributed by atoms with Crippen molar-refractivity contribution in [2.75, 3.05) is 18.4 Å². The van der Waals surface area contributed by atoms with Crippen molar-refractivity contribution in [3.05, 3.63) is 56.7 Å². The van der Waals surface area contributed by atoms with E-state index in [2.05, 4.69) is 5.32 Å². The molecule has 158 valence electrons. The van der Waals surface area contributed by atoms with Crippen LogP contribution in [0.15, 0.2) is 46.1 Å². The molecule has 0 radical (unpaired) electrons. The van der Waals surface area contributed by atoms with Crippen LogP contribution >= 0.6 is 22.9 Å². The Hall–Kier alpha value is -2.20. The molecule has 0 spiro atoms. The van der Waals surface area contributed by atoms with Crippen LogP contribution in [0.2, 0.25) is 5.02 Å². The number of halogens is 1. The van der Waals surface area contributed by atoms with Crippen LogP contribution in [0.25, 0.3) is 10.2 Å². The lowest BCUT2D eigenvalue weighted by Crippen LogP contribution is -2.28. The van der Waals surface area contributed by atoms with Crippen LogP contribution in [0, 0.1) is 0 Å². The van der Waals surface area contributed by atoms with Gasteiger partial charge in [-0.2, -0.15) is 4.31 Å². The van der Waals surface area contributed by atoms with Gasteiger partial charge in [-0.05, 0) is 56.2 Å². The Balaban J connectivity index is 1.62. The van der Waals surface area contributed by atoms with E-state index in [0.717, 1.165) is 34.4 Å². The second-order valence-corrected chi connectivity index (χ2v) is 10.3. The molecule has 1 aliphatic heterocycles. The van der Waals surface area contributed by atoms with Crippen molar-refractivity contribution in [2.24, 2.45) is 0 Å². The van der Waals surface area contributed by atoms with E-state index < -0.39 is 15.9 Å². The van der Waals surface area contributed by atoms with Gasteiger partial charge in [0.15, 0.2) is 0 Å². The number of nitrogens with zero attached hydrogens (tertiary/aromatic N) is 2. The van der Waals surface area contributed by atoms with E-state index in [1.165, 1.54) is 22.5 Å². The first-order valence-electron chi connectivity index (χ1n) is 9.55. The summed E-state index contributed by atoms with van der Waals surface area (Å²) in [5, 5.41) is 2.86. The minimum atomic E-state index is -3.75. The van der Waals surface area contributed by atoms with E-state index in [1.54, 1.807) is 22.8 Å². The summed E-state index contributed by atoms with van der Waals surface area (Å²) in [5.74, 6) is -0.453. The van der Waals surface area contributed by atoms with Crippen LogP contribution < -0.4 is 10.2 Å². The number of amides is 1. The topological polar surface area (TPSA) is 88.5 Å². The Morgan fingerprint density at radius 1 is 1.17 bits per heavy atom. The predicted molar refractivity (Wildman–Crippen MR) is 119 cm³/mol. The third-order valence-electron chi connectivity index (χ3n) is 5.12. The lowest BCUT2D eigenvalue weighted by Gasteiger charge is -2.17. The molecule has 3 aromatic rings. The number of hydrogen-bond donors (Lipinski definition) is 1. The van der Waals surface area contributed by atoms with E-state index in [1.807, 2.05) is 6.92 Å². The lowest BCUT2D eigenvalue weighted by molar-refractivity contribution is 0.102. The Bertz CT molecular complexity index is 1290. The smallest absolute Gasteiger partial charge is 0.308 e. The largest absolute Gasteiger partial charge is 0.322 e. The number of nitrogens with one attached hydrogen (secondary N) is 1. The molecule has 1 amide bonds. The number of hydrogen-bond acceptors (Lipinski definition) is 5. The van der Waals surface area contributed by atoms with Gasteiger partial charge in [-0.3, -0.25) is 14.2 Å². The molecule has 0 bridgehead atoms. The normalized spacial score (nSPS) is 15.0. The molecule has 0 saturated carbocycles. The molecule has 1 aliphatic rings. The molecule has 0 unspecified atom stereocenters. The molecule has 1 N–H and O–H groups in total. The first kappa shape index (κ1) is 21.0. The number of rotatable bonds is 5. The molecule has 30 heavy (non-hydrogen) atoms. The van der Waals surface area contributed by atoms with Crippen LogP contribution in [-0.2, 0) is 16.6 Å². The maximum Gasteiger partial charge on any atom is 0.308 e. The Kier molecular flexibility index (Phi) is 5.71. The molecule has 10 heteroatoms. The molecule has 1 fully saturated rings. The fourth-order valence-electron chi connectivity index (χ4n) is 3.56. The summed E-state index contributed by atoms with van der Waals surface area (Å²) in [4.78, 5) is 24.7. The number of fused-ring (bicyclic) bond motifs is 1. The minimum Gasteiger partial charge on any atom is -0.322 e. The lowest BCUT2D eigenvalue weighted by atomic mass is 10.2. The van der Waals surface area contributed by atoms with Crippen molar-refractivity contribution in [2.45, 2.75) is 31.2 Å². The fraction of sp³-hybridized carbons (Fsp3) is 0.300. The van der Waals surface area contributed by atoms with Crippen molar-refractivity contribution in [3.8, 4) is 0 Å². The highest BCUT2D eigenvalue weighted by Gasteiger charge is 2.29. The molecular formula is C20H20ClN3O4S2. The first-order chi connectivity index (χ1) is 14.3. The third kappa shape index (κ3) is 3.78. The van der Waals surface area contributed by atoms with Crippen LogP contribution in [0.1, 0.15) is 30.1 Å². The number of aryl methyl sites for hydroxylation is 1. The highest BCUT2D eigenvalue weighted by molar-refractivity contribution is 7.89. The van der Waals surface area contributed by atoms with Crippen LogP contribution in [0.4, 0.5) is 5.69 Å². The quantitative estimate of drug-likeness (QED) is 0.621. The van der Waals surface area contributed by atoms with Gasteiger partial charge in [0.25, 0.3) is 5.91 Å². The Morgan fingerprint density at radius 2 is 1.90 bits per heavy atom. The number of benzene rings is 2. The van der Waals surface area contributed by atoms with E-state index in [-0.39, 0.29) is 20.4 Å². The Labute approximate surface area is 182 Å². The number of carbonyl (C=O) groups is 1. The van der Waals surface area contributed by atoms with Crippen molar-refractivity contribution < 1.29 is 13.2 Å². The molecule has 0 atom stereocenters. The van der Waals surface area contributed by atoms with Gasteiger partial charge in [0.1, 0.15) is 4.90 Å². The molecule has 1 aromatic heterocycles. The van der Waals surface area contributed by atoms with Crippen LogP contribution in [0.5, 0.6) is 0 Å². The predicted octanol–water partition coefficient (Wildman–Crippen LogP) is 3.77. The summed E-state index contributed by atoms with van der Waals surface area (Å²) in [5.41, 5.74) is 1.53. The van der Waals surface area contributed by atoms with Gasteiger partial charge in [-0.1, -0.05) is 22.9 Å². The van der Waals surface area contributed by atoms with Gasteiger partial charge in [-0.25, -0.2) is 8.42 Å². The van der Waals surface area contributed by atoms with Crippen molar-refractivity contribution >= 4 is 54.8 Å². The summed E-state index contributed by atoms with van der Waals surface area (Å²) < 4.78 is 29.6. The standard InChI is InChI=1S/C20H20ClN3O4S2/c1-2-24-16-8-6-14(12-17(16)29-20(24)26)22-19(25)13-5-7-15(21)18(11-13)30(27,28)23-9-3-4-10-23/h5-8,11-12H,2-4,9-10H2,1H3,(H,22,25). The average molecular weight is 466 g/mol. The minimum absolute atomic E-state index is 0.0505. The average Bonchev–Trinajstić information content (AvgIpc) is 3.35. The molecule has 1 saturated heterocycles. The second-order valence-electron chi connectivity index (χ2n) is 7.01. The molecular weight excluding hydrogens is 446 g/mol. The zero-order chi connectivity index (χ0) is 21.5. The maximum atomic E-state index is 12.9.